The molecule has 4 heteroatoms. The first-order valence-corrected chi connectivity index (χ1v) is 25.8. The lowest BCUT2D eigenvalue weighted by Crippen LogP contribution is -2.88. The molecule has 4 nitrogen and oxygen atoms in total. The van der Waals surface area contributed by atoms with Gasteiger partial charge in [0.25, 0.3) is 11.1 Å². The zero-order valence-corrected chi connectivity index (χ0v) is 37.4. The third-order valence-electron chi connectivity index (χ3n) is 23.0. The van der Waals surface area contributed by atoms with Crippen LogP contribution in [0.25, 0.3) is 87.9 Å². The van der Waals surface area contributed by atoms with Crippen molar-refractivity contribution in [3.8, 4) is 44.5 Å². The number of nitrogens with zero attached hydrogens (tertiary/aromatic N) is 2. The molecule has 10 aliphatic rings. The molecular formula is C64H44N2O2. The van der Waals surface area contributed by atoms with E-state index in [1.807, 2.05) is 4.52 Å². The van der Waals surface area contributed by atoms with E-state index in [2.05, 4.69) is 146 Å². The zero-order chi connectivity index (χ0) is 43.7. The first-order chi connectivity index (χ1) is 33.5. The van der Waals surface area contributed by atoms with E-state index in [0.717, 1.165) is 69.5 Å². The summed E-state index contributed by atoms with van der Waals surface area (Å²) in [4.78, 5) is 29.5. The minimum Gasteiger partial charge on any atom is -0.267 e. The Bertz CT molecular complexity index is 4000. The number of benzene rings is 8. The standard InChI is InChI=1S/C64H44N2O2/c67-59-45-23-33(39-11-5-13-47-55(39)43-19-15-31-7-1-3-9-41(31)57(43)63(47)51-27-35-25-36-28-52(63)61(35,36)51)17-21-49(45)65-50-22-18-34(24-46(50)60(68)66(59)65)40-12-6-14-48-56(40)44-20-16-32-8-2-4-10-42(32)58(44)64(48)53-29-37-26-38-30-54(64)62(37,38)53/h1-24,35-38,51-54H,25-30H2. The molecule has 0 saturated heterocycles. The van der Waals surface area contributed by atoms with Gasteiger partial charge >= 0.3 is 0 Å². The van der Waals surface area contributed by atoms with E-state index in [0.29, 0.717) is 21.6 Å². The van der Waals surface area contributed by atoms with Gasteiger partial charge in [0.2, 0.25) is 0 Å². The second-order valence-electron chi connectivity index (χ2n) is 23.7. The summed E-state index contributed by atoms with van der Waals surface area (Å²) in [6, 6.07) is 54.4. The summed E-state index contributed by atoms with van der Waals surface area (Å²) in [6.45, 7) is 0. The molecule has 8 atom stereocenters. The van der Waals surface area contributed by atoms with Crippen molar-refractivity contribution in [2.24, 2.45) is 58.2 Å². The fourth-order valence-corrected chi connectivity index (χ4v) is 21.1. The predicted molar refractivity (Wildman–Crippen MR) is 268 cm³/mol. The number of hydrogen-bond donors (Lipinski definition) is 0. The summed E-state index contributed by atoms with van der Waals surface area (Å²) >= 11 is 0. The van der Waals surface area contributed by atoms with E-state index >= 15 is 0 Å². The molecule has 10 aromatic rings. The van der Waals surface area contributed by atoms with Gasteiger partial charge in [-0.2, -0.15) is 4.52 Å². The molecule has 8 saturated carbocycles. The van der Waals surface area contributed by atoms with Crippen molar-refractivity contribution < 1.29 is 0 Å². The highest BCUT2D eigenvalue weighted by molar-refractivity contribution is 6.06. The van der Waals surface area contributed by atoms with Crippen LogP contribution in [0, 0.1) is 58.2 Å². The summed E-state index contributed by atoms with van der Waals surface area (Å²) in [5.74, 6) is 6.64. The van der Waals surface area contributed by atoms with Crippen LogP contribution >= 0.6 is 0 Å². The average Bonchev–Trinajstić information content (AvgIpc) is 4.02. The summed E-state index contributed by atoms with van der Waals surface area (Å²) in [5.41, 5.74) is 18.5. The average molecular weight is 873 g/mol. The SMILES string of the molecule is O=c1c2cc(-c3cccc4c3-c3ccc5ccccc5c3C43C4CC5CC6CC3C564)ccc2n2c3ccc(-c4cccc5c4-c4ccc6ccccc6c4C54C5CC6CC7CC4C675)cc3c(=O)n12. The third kappa shape index (κ3) is 2.99. The van der Waals surface area contributed by atoms with Gasteiger partial charge in [-0.05, 0) is 209 Å². The van der Waals surface area contributed by atoms with Crippen molar-refractivity contribution in [2.45, 2.75) is 49.4 Å². The van der Waals surface area contributed by atoms with Crippen LogP contribution in [-0.4, -0.2) is 9.03 Å². The van der Waals surface area contributed by atoms with Gasteiger partial charge in [-0.25, -0.2) is 4.52 Å². The van der Waals surface area contributed by atoms with E-state index in [1.165, 1.54) is 109 Å². The Hall–Kier alpha value is -6.78. The minimum absolute atomic E-state index is 0.0699. The van der Waals surface area contributed by atoms with Gasteiger partial charge in [-0.3, -0.25) is 9.59 Å². The number of hydrogen-bond acceptors (Lipinski definition) is 2. The molecule has 2 heterocycles. The van der Waals surface area contributed by atoms with Gasteiger partial charge in [-0.1, -0.05) is 121 Å². The second kappa shape index (κ2) is 10.3. The maximum absolute atomic E-state index is 14.8. The topological polar surface area (TPSA) is 43.0 Å². The molecule has 20 rings (SSSR count). The lowest BCUT2D eigenvalue weighted by atomic mass is 9.11. The first kappa shape index (κ1) is 34.5. The highest BCUT2D eigenvalue weighted by Gasteiger charge is 2.92. The maximum Gasteiger partial charge on any atom is 0.282 e. The van der Waals surface area contributed by atoms with E-state index in [4.69, 9.17) is 0 Å². The molecular weight excluding hydrogens is 829 g/mol. The second-order valence-corrected chi connectivity index (χ2v) is 23.7. The Labute approximate surface area is 391 Å². The highest BCUT2D eigenvalue weighted by atomic mass is 16.2. The normalized spacial score (nSPS) is 35.4. The molecule has 0 radical (unpaired) electrons. The van der Waals surface area contributed by atoms with E-state index in [-0.39, 0.29) is 21.9 Å². The Morgan fingerprint density at radius 1 is 0.382 bits per heavy atom. The Kier molecular flexibility index (Phi) is 5.22. The van der Waals surface area contributed by atoms with Crippen LogP contribution in [0.15, 0.2) is 155 Å². The summed E-state index contributed by atoms with van der Waals surface area (Å²) in [6.07, 6.45) is 8.34. The number of rotatable bonds is 2. The molecule has 0 bridgehead atoms. The predicted octanol–water partition coefficient (Wildman–Crippen LogP) is 13.0. The number of aromatic nitrogens is 2. The van der Waals surface area contributed by atoms with E-state index < -0.39 is 0 Å². The van der Waals surface area contributed by atoms with Crippen molar-refractivity contribution in [1.82, 2.24) is 9.03 Å². The zero-order valence-electron chi connectivity index (χ0n) is 37.4. The van der Waals surface area contributed by atoms with Gasteiger partial charge in [-0.15, -0.1) is 0 Å². The van der Waals surface area contributed by atoms with E-state index in [1.54, 1.807) is 11.1 Å². The molecule has 2 aromatic heterocycles. The van der Waals surface area contributed by atoms with Crippen LogP contribution in [0.3, 0.4) is 0 Å². The molecule has 0 amide bonds. The van der Waals surface area contributed by atoms with Crippen LogP contribution in [0.5, 0.6) is 0 Å². The van der Waals surface area contributed by atoms with Crippen LogP contribution in [0.2, 0.25) is 0 Å². The first-order valence-electron chi connectivity index (χ1n) is 25.8. The lowest BCUT2D eigenvalue weighted by molar-refractivity contribution is -0.412. The van der Waals surface area contributed by atoms with Crippen molar-refractivity contribution in [3.63, 3.8) is 0 Å². The van der Waals surface area contributed by atoms with Crippen molar-refractivity contribution in [2.75, 3.05) is 0 Å². The molecule has 10 aliphatic carbocycles. The van der Waals surface area contributed by atoms with Crippen LogP contribution in [0.1, 0.15) is 60.8 Å². The summed E-state index contributed by atoms with van der Waals surface area (Å²) in [7, 11) is 0. The van der Waals surface area contributed by atoms with Gasteiger partial charge in [0, 0.05) is 10.8 Å². The third-order valence-corrected chi connectivity index (χ3v) is 23.0. The summed E-state index contributed by atoms with van der Waals surface area (Å²) < 4.78 is 3.29. The molecule has 0 aliphatic heterocycles. The van der Waals surface area contributed by atoms with Crippen LogP contribution < -0.4 is 11.1 Å². The van der Waals surface area contributed by atoms with Crippen LogP contribution in [-0.2, 0) is 10.8 Å². The fourth-order valence-electron chi connectivity index (χ4n) is 21.1. The Morgan fingerprint density at radius 3 is 1.26 bits per heavy atom. The number of fused-ring (bicyclic) bond motifs is 23. The lowest BCUT2D eigenvalue weighted by Gasteiger charge is -2.92. The van der Waals surface area contributed by atoms with Crippen molar-refractivity contribution in [3.05, 3.63) is 189 Å². The van der Waals surface area contributed by atoms with Crippen LogP contribution in [0.4, 0.5) is 0 Å². The molecule has 8 fully saturated rings. The Balaban J connectivity index is 0.752. The van der Waals surface area contributed by atoms with E-state index in [9.17, 15) is 9.59 Å². The molecule has 8 unspecified atom stereocenters. The monoisotopic (exact) mass is 872 g/mol. The summed E-state index contributed by atoms with van der Waals surface area (Å²) in [5, 5.41) is 6.67. The maximum atomic E-state index is 14.8. The van der Waals surface area contributed by atoms with Gasteiger partial charge in [0.05, 0.1) is 21.8 Å². The smallest absolute Gasteiger partial charge is 0.267 e. The fraction of sp³-hybridized carbons (Fsp3) is 0.281. The highest BCUT2D eigenvalue weighted by Crippen LogP contribution is 2.96. The molecule has 68 heavy (non-hydrogen) atoms. The van der Waals surface area contributed by atoms with Gasteiger partial charge in [0.1, 0.15) is 0 Å². The molecule has 322 valence electrons. The quantitative estimate of drug-likeness (QED) is 0.174. The molecule has 4 spiro atoms. The Morgan fingerprint density at radius 2 is 0.824 bits per heavy atom. The largest absolute Gasteiger partial charge is 0.282 e. The van der Waals surface area contributed by atoms with Crippen molar-refractivity contribution >= 4 is 43.4 Å². The van der Waals surface area contributed by atoms with Gasteiger partial charge in [0.15, 0.2) is 0 Å². The minimum atomic E-state index is -0.247. The van der Waals surface area contributed by atoms with Gasteiger partial charge < -0.3 is 0 Å². The molecule has 0 N–H and O–H groups in total. The van der Waals surface area contributed by atoms with Crippen molar-refractivity contribution in [1.29, 1.82) is 0 Å². The molecule has 8 aromatic carbocycles.